The van der Waals surface area contributed by atoms with E-state index in [9.17, 15) is 4.79 Å². The first-order valence-electron chi connectivity index (χ1n) is 7.58. The van der Waals surface area contributed by atoms with Gasteiger partial charge in [-0.05, 0) is 31.4 Å². The molecule has 0 spiro atoms. The van der Waals surface area contributed by atoms with Gasteiger partial charge in [0.2, 0.25) is 5.13 Å². The Morgan fingerprint density at radius 2 is 2.29 bits per heavy atom. The van der Waals surface area contributed by atoms with Gasteiger partial charge in [0.15, 0.2) is 0 Å². The van der Waals surface area contributed by atoms with Crippen LogP contribution in [0.1, 0.15) is 60.6 Å². The zero-order valence-corrected chi connectivity index (χ0v) is 13.0. The highest BCUT2D eigenvalue weighted by molar-refractivity contribution is 7.15. The molecule has 0 aromatic carbocycles. The Kier molecular flexibility index (Phi) is 4.34. The van der Waals surface area contributed by atoms with Gasteiger partial charge < -0.3 is 4.57 Å². The van der Waals surface area contributed by atoms with Crippen molar-refractivity contribution in [1.82, 2.24) is 14.8 Å². The highest BCUT2D eigenvalue weighted by Gasteiger charge is 2.26. The van der Waals surface area contributed by atoms with E-state index >= 15 is 0 Å². The summed E-state index contributed by atoms with van der Waals surface area (Å²) < 4.78 is 2.05. The van der Waals surface area contributed by atoms with Crippen LogP contribution in [0.15, 0.2) is 18.3 Å². The second-order valence-corrected chi connectivity index (χ2v) is 6.51. The summed E-state index contributed by atoms with van der Waals surface area (Å²) in [5, 5.41) is 12.7. The smallest absolute Gasteiger partial charge is 0.274 e. The molecule has 0 saturated heterocycles. The molecule has 1 saturated carbocycles. The van der Waals surface area contributed by atoms with Gasteiger partial charge in [-0.15, -0.1) is 10.2 Å². The lowest BCUT2D eigenvalue weighted by Gasteiger charge is -2.06. The third kappa shape index (κ3) is 3.50. The molecule has 0 bridgehead atoms. The number of carbonyl (C=O) groups excluding carboxylic acids is 1. The Morgan fingerprint density at radius 1 is 1.43 bits per heavy atom. The van der Waals surface area contributed by atoms with Crippen LogP contribution in [0.4, 0.5) is 5.13 Å². The first kappa shape index (κ1) is 14.3. The summed E-state index contributed by atoms with van der Waals surface area (Å²) in [5.41, 5.74) is 0.709. The second kappa shape index (κ2) is 6.39. The predicted molar refractivity (Wildman–Crippen MR) is 83.8 cm³/mol. The van der Waals surface area contributed by atoms with Crippen molar-refractivity contribution < 1.29 is 4.79 Å². The first-order chi connectivity index (χ1) is 10.3. The van der Waals surface area contributed by atoms with E-state index in [0.717, 1.165) is 30.7 Å². The van der Waals surface area contributed by atoms with Crippen molar-refractivity contribution in [2.45, 2.75) is 51.5 Å². The summed E-state index contributed by atoms with van der Waals surface area (Å²) in [4.78, 5) is 12.3. The summed E-state index contributed by atoms with van der Waals surface area (Å²) in [6.45, 7) is 2.18. The lowest BCUT2D eigenvalue weighted by Crippen LogP contribution is -2.16. The number of rotatable bonds is 7. The van der Waals surface area contributed by atoms with Gasteiger partial charge >= 0.3 is 0 Å². The summed E-state index contributed by atoms with van der Waals surface area (Å²) in [6.07, 6.45) is 8.77. The molecule has 2 aromatic heterocycles. The fourth-order valence-corrected chi connectivity index (χ4v) is 3.13. The molecular weight excluding hydrogens is 284 g/mol. The topological polar surface area (TPSA) is 59.8 Å². The second-order valence-electron chi connectivity index (χ2n) is 5.44. The largest absolute Gasteiger partial charge is 0.340 e. The lowest BCUT2D eigenvalue weighted by atomic mass is 10.2. The quantitative estimate of drug-likeness (QED) is 0.794. The fraction of sp³-hybridized carbons (Fsp3) is 0.533. The molecule has 0 radical (unpaired) electrons. The maximum atomic E-state index is 12.3. The molecule has 5 nitrogen and oxygen atoms in total. The summed E-state index contributed by atoms with van der Waals surface area (Å²) >= 11 is 1.48. The molecule has 1 fully saturated rings. The number of nitrogens with zero attached hydrogens (tertiary/aromatic N) is 3. The summed E-state index contributed by atoms with van der Waals surface area (Å²) in [5.74, 6) is -0.0943. The Morgan fingerprint density at radius 3 is 3.05 bits per heavy atom. The van der Waals surface area contributed by atoms with Gasteiger partial charge in [-0.2, -0.15) is 0 Å². The number of unbranched alkanes of at least 4 members (excludes halogenated alkanes) is 2. The Hall–Kier alpha value is -1.69. The number of hydrogen-bond donors (Lipinski definition) is 1. The minimum Gasteiger partial charge on any atom is -0.340 e. The van der Waals surface area contributed by atoms with Gasteiger partial charge in [-0.25, -0.2) is 0 Å². The first-order valence-corrected chi connectivity index (χ1v) is 8.40. The normalized spacial score (nSPS) is 14.3. The van der Waals surface area contributed by atoms with Gasteiger partial charge in [-0.1, -0.05) is 31.1 Å². The van der Waals surface area contributed by atoms with Gasteiger partial charge in [0.1, 0.15) is 10.7 Å². The molecule has 112 valence electrons. The highest BCUT2D eigenvalue weighted by Crippen LogP contribution is 2.36. The number of amides is 1. The van der Waals surface area contributed by atoms with Crippen LogP contribution in [-0.4, -0.2) is 20.7 Å². The van der Waals surface area contributed by atoms with E-state index in [4.69, 9.17) is 0 Å². The molecule has 1 aliphatic carbocycles. The molecule has 1 amide bonds. The van der Waals surface area contributed by atoms with Crippen molar-refractivity contribution >= 4 is 22.4 Å². The number of aryl methyl sites for hydroxylation is 1. The van der Waals surface area contributed by atoms with Crippen LogP contribution in [0.2, 0.25) is 0 Å². The van der Waals surface area contributed by atoms with Gasteiger partial charge in [-0.3, -0.25) is 10.1 Å². The molecule has 21 heavy (non-hydrogen) atoms. The third-order valence-electron chi connectivity index (χ3n) is 3.63. The van der Waals surface area contributed by atoms with Crippen LogP contribution >= 0.6 is 11.3 Å². The molecule has 0 aliphatic heterocycles. The molecule has 0 atom stereocenters. The minimum absolute atomic E-state index is 0.0943. The average Bonchev–Trinajstić information content (AvgIpc) is 3.03. The molecule has 0 unspecified atom stereocenters. The van der Waals surface area contributed by atoms with E-state index in [-0.39, 0.29) is 5.91 Å². The molecule has 2 aromatic rings. The summed E-state index contributed by atoms with van der Waals surface area (Å²) in [7, 11) is 0. The van der Waals surface area contributed by atoms with Crippen LogP contribution in [0, 0.1) is 0 Å². The van der Waals surface area contributed by atoms with Crippen molar-refractivity contribution in [3.05, 3.63) is 29.0 Å². The molecule has 1 aliphatic rings. The average molecular weight is 304 g/mol. The van der Waals surface area contributed by atoms with Gasteiger partial charge in [0.05, 0.1) is 0 Å². The zero-order valence-electron chi connectivity index (χ0n) is 12.2. The molecule has 2 heterocycles. The van der Waals surface area contributed by atoms with Crippen LogP contribution in [0.3, 0.4) is 0 Å². The number of hydrogen-bond acceptors (Lipinski definition) is 4. The van der Waals surface area contributed by atoms with Crippen molar-refractivity contribution in [2.75, 3.05) is 5.32 Å². The molecular formula is C15H20N4OS. The van der Waals surface area contributed by atoms with E-state index in [1.807, 2.05) is 18.3 Å². The zero-order chi connectivity index (χ0) is 14.7. The standard InChI is InChI=1S/C15H20N4OS/c1-2-3-4-7-13-17-18-15(21-13)16-14(20)12-6-5-10-19(12)11-8-9-11/h5-6,10-11H,2-4,7-9H2,1H3,(H,16,18,20). The molecule has 6 heteroatoms. The van der Waals surface area contributed by atoms with E-state index in [1.165, 1.54) is 24.2 Å². The number of aromatic nitrogens is 3. The van der Waals surface area contributed by atoms with Crippen LogP contribution in [0.25, 0.3) is 0 Å². The lowest BCUT2D eigenvalue weighted by molar-refractivity contribution is 0.101. The Bertz CT molecular complexity index is 615. The van der Waals surface area contributed by atoms with Crippen molar-refractivity contribution in [3.63, 3.8) is 0 Å². The van der Waals surface area contributed by atoms with Crippen molar-refractivity contribution in [1.29, 1.82) is 0 Å². The van der Waals surface area contributed by atoms with E-state index in [2.05, 4.69) is 27.0 Å². The van der Waals surface area contributed by atoms with E-state index in [1.54, 1.807) is 0 Å². The van der Waals surface area contributed by atoms with E-state index < -0.39 is 0 Å². The minimum atomic E-state index is -0.0943. The third-order valence-corrected chi connectivity index (χ3v) is 4.53. The van der Waals surface area contributed by atoms with Crippen molar-refractivity contribution in [2.24, 2.45) is 0 Å². The SMILES string of the molecule is CCCCCc1nnc(NC(=O)c2cccn2C2CC2)s1. The van der Waals surface area contributed by atoms with Gasteiger partial charge in [0, 0.05) is 18.7 Å². The fourth-order valence-electron chi connectivity index (χ4n) is 2.35. The highest BCUT2D eigenvalue weighted by atomic mass is 32.1. The van der Waals surface area contributed by atoms with Gasteiger partial charge in [0.25, 0.3) is 5.91 Å². The number of anilines is 1. The number of nitrogens with one attached hydrogen (secondary N) is 1. The summed E-state index contributed by atoms with van der Waals surface area (Å²) in [6, 6.07) is 4.28. The van der Waals surface area contributed by atoms with Crippen LogP contribution in [-0.2, 0) is 6.42 Å². The Balaban J connectivity index is 1.60. The molecule has 1 N–H and O–H groups in total. The van der Waals surface area contributed by atoms with Crippen LogP contribution in [0.5, 0.6) is 0 Å². The number of carbonyl (C=O) groups is 1. The molecule has 3 rings (SSSR count). The monoisotopic (exact) mass is 304 g/mol. The Labute approximate surface area is 128 Å². The maximum absolute atomic E-state index is 12.3. The van der Waals surface area contributed by atoms with E-state index in [0.29, 0.717) is 16.9 Å². The van der Waals surface area contributed by atoms with Crippen LogP contribution < -0.4 is 5.32 Å². The van der Waals surface area contributed by atoms with Crippen molar-refractivity contribution in [3.8, 4) is 0 Å². The maximum Gasteiger partial charge on any atom is 0.274 e. The predicted octanol–water partition coefficient (Wildman–Crippen LogP) is 3.66.